The van der Waals surface area contributed by atoms with Crippen LogP contribution in [-0.4, -0.2) is 27.9 Å². The fourth-order valence-corrected chi connectivity index (χ4v) is 3.48. The molecule has 1 heterocycles. The van der Waals surface area contributed by atoms with Gasteiger partial charge in [-0.1, -0.05) is 54.1 Å². The SMILES string of the molecule is O=C(c1ccccc1)[C@@H]1[C@H](c2ccc(Cl)cc2)NC(=S)N[C@]1(O)C(F)(F)F. The van der Waals surface area contributed by atoms with Crippen LogP contribution in [0.25, 0.3) is 0 Å². The van der Waals surface area contributed by atoms with Crippen molar-refractivity contribution in [3.05, 3.63) is 70.7 Å². The maximum atomic E-state index is 13.8. The van der Waals surface area contributed by atoms with Gasteiger partial charge in [0.1, 0.15) is 5.92 Å². The summed E-state index contributed by atoms with van der Waals surface area (Å²) >= 11 is 10.7. The Morgan fingerprint density at radius 1 is 1.11 bits per heavy atom. The molecule has 0 aromatic heterocycles. The molecule has 3 N–H and O–H groups in total. The zero-order valence-electron chi connectivity index (χ0n) is 13.6. The van der Waals surface area contributed by atoms with Gasteiger partial charge in [0.05, 0.1) is 6.04 Å². The molecule has 1 aliphatic heterocycles. The van der Waals surface area contributed by atoms with Gasteiger partial charge in [-0.15, -0.1) is 0 Å². The van der Waals surface area contributed by atoms with Crippen LogP contribution in [0.2, 0.25) is 5.02 Å². The standard InChI is InChI=1S/C18H14ClF3N2O2S/c19-12-8-6-10(7-9-12)14-13(15(25)11-4-2-1-3-5-11)17(26,18(20,21)22)24-16(27)23-14/h1-9,13-14,26H,(H2,23,24,27)/t13-,14-,17+/m0/s1. The summed E-state index contributed by atoms with van der Waals surface area (Å²) < 4.78 is 41.4. The fourth-order valence-electron chi connectivity index (χ4n) is 3.07. The van der Waals surface area contributed by atoms with Crippen LogP contribution in [0.15, 0.2) is 54.6 Å². The quantitative estimate of drug-likeness (QED) is 0.529. The van der Waals surface area contributed by atoms with Gasteiger partial charge in [0.25, 0.3) is 0 Å². The number of Topliss-reactive ketones (excluding diaryl/α,β-unsaturated/α-hetero) is 1. The minimum atomic E-state index is -5.15. The predicted molar refractivity (Wildman–Crippen MR) is 98.3 cm³/mol. The van der Waals surface area contributed by atoms with E-state index in [1.165, 1.54) is 48.5 Å². The predicted octanol–water partition coefficient (Wildman–Crippen LogP) is 3.61. The Hall–Kier alpha value is -2.16. The average molecular weight is 415 g/mol. The third-order valence-corrected chi connectivity index (χ3v) is 4.85. The Kier molecular flexibility index (Phi) is 5.16. The van der Waals surface area contributed by atoms with E-state index in [1.54, 1.807) is 6.07 Å². The molecule has 2 aromatic rings. The highest BCUT2D eigenvalue weighted by atomic mass is 35.5. The zero-order chi connectivity index (χ0) is 19.8. The second kappa shape index (κ2) is 7.10. The van der Waals surface area contributed by atoms with Gasteiger partial charge >= 0.3 is 6.18 Å². The fraction of sp³-hybridized carbons (Fsp3) is 0.222. The lowest BCUT2D eigenvalue weighted by Crippen LogP contribution is -2.72. The second-order valence-corrected chi connectivity index (χ2v) is 6.94. The second-order valence-electron chi connectivity index (χ2n) is 6.10. The molecule has 0 amide bonds. The van der Waals surface area contributed by atoms with Crippen molar-refractivity contribution in [2.75, 3.05) is 0 Å². The van der Waals surface area contributed by atoms with Crippen molar-refractivity contribution in [1.82, 2.24) is 10.6 Å². The molecule has 0 radical (unpaired) electrons. The molecule has 0 bridgehead atoms. The first-order chi connectivity index (χ1) is 12.6. The van der Waals surface area contributed by atoms with Gasteiger partial charge in [0, 0.05) is 10.6 Å². The van der Waals surface area contributed by atoms with Gasteiger partial charge in [-0.2, -0.15) is 13.2 Å². The van der Waals surface area contributed by atoms with Crippen LogP contribution in [0.5, 0.6) is 0 Å². The molecular formula is C18H14ClF3N2O2S. The van der Waals surface area contributed by atoms with Crippen molar-refractivity contribution >= 4 is 34.7 Å². The monoisotopic (exact) mass is 414 g/mol. The number of aliphatic hydroxyl groups is 1. The lowest BCUT2D eigenvalue weighted by Gasteiger charge is -2.46. The summed E-state index contributed by atoms with van der Waals surface area (Å²) in [6.07, 6.45) is -5.15. The van der Waals surface area contributed by atoms with E-state index in [0.717, 1.165) is 0 Å². The van der Waals surface area contributed by atoms with E-state index < -0.39 is 34.8 Å². The van der Waals surface area contributed by atoms with Crippen molar-refractivity contribution in [2.24, 2.45) is 5.92 Å². The third-order valence-electron chi connectivity index (χ3n) is 4.38. The highest BCUT2D eigenvalue weighted by molar-refractivity contribution is 7.80. The Labute approximate surface area is 163 Å². The normalized spacial score (nSPS) is 25.4. The van der Waals surface area contributed by atoms with Crippen molar-refractivity contribution in [3.63, 3.8) is 0 Å². The number of hydrogen-bond donors (Lipinski definition) is 3. The first-order valence-corrected chi connectivity index (χ1v) is 8.64. The first-order valence-electron chi connectivity index (χ1n) is 7.86. The summed E-state index contributed by atoms with van der Waals surface area (Å²) in [7, 11) is 0. The molecule has 9 heteroatoms. The largest absolute Gasteiger partial charge is 0.437 e. The van der Waals surface area contributed by atoms with Crippen LogP contribution < -0.4 is 10.6 Å². The van der Waals surface area contributed by atoms with E-state index in [0.29, 0.717) is 10.6 Å². The minimum absolute atomic E-state index is 0.0422. The maximum Gasteiger partial charge on any atom is 0.437 e. The Morgan fingerprint density at radius 2 is 1.70 bits per heavy atom. The topological polar surface area (TPSA) is 61.4 Å². The molecule has 0 unspecified atom stereocenters. The van der Waals surface area contributed by atoms with Gasteiger partial charge in [0.2, 0.25) is 5.72 Å². The Morgan fingerprint density at radius 3 is 2.26 bits per heavy atom. The molecule has 4 nitrogen and oxygen atoms in total. The minimum Gasteiger partial charge on any atom is -0.363 e. The van der Waals surface area contributed by atoms with Crippen LogP contribution in [-0.2, 0) is 0 Å². The first kappa shape index (κ1) is 19.6. The van der Waals surface area contributed by atoms with Crippen molar-refractivity contribution < 1.29 is 23.1 Å². The van der Waals surface area contributed by atoms with E-state index >= 15 is 0 Å². The molecule has 0 saturated carbocycles. The lowest BCUT2D eigenvalue weighted by molar-refractivity contribution is -0.285. The summed E-state index contributed by atoms with van der Waals surface area (Å²) in [5.41, 5.74) is -3.16. The summed E-state index contributed by atoms with van der Waals surface area (Å²) in [5.74, 6) is -2.80. The lowest BCUT2D eigenvalue weighted by atomic mass is 9.77. The van der Waals surface area contributed by atoms with E-state index in [4.69, 9.17) is 23.8 Å². The molecule has 1 fully saturated rings. The third kappa shape index (κ3) is 3.65. The van der Waals surface area contributed by atoms with Crippen LogP contribution in [0.1, 0.15) is 22.0 Å². The number of carbonyl (C=O) groups is 1. The number of nitrogens with one attached hydrogen (secondary N) is 2. The van der Waals surface area contributed by atoms with E-state index in [9.17, 15) is 23.1 Å². The summed E-state index contributed by atoms with van der Waals surface area (Å²) in [4.78, 5) is 13.0. The molecular weight excluding hydrogens is 401 g/mol. The summed E-state index contributed by atoms with van der Waals surface area (Å²) in [5, 5.41) is 15.0. The van der Waals surface area contributed by atoms with Crippen LogP contribution in [0.4, 0.5) is 13.2 Å². The molecule has 1 saturated heterocycles. The van der Waals surface area contributed by atoms with Crippen molar-refractivity contribution in [3.8, 4) is 0 Å². The maximum absolute atomic E-state index is 13.8. The molecule has 0 aliphatic carbocycles. The van der Waals surface area contributed by atoms with Gasteiger partial charge in [-0.3, -0.25) is 4.79 Å². The molecule has 3 atom stereocenters. The van der Waals surface area contributed by atoms with Crippen LogP contribution in [0.3, 0.4) is 0 Å². The number of thiocarbonyl (C=S) groups is 1. The van der Waals surface area contributed by atoms with E-state index in [-0.39, 0.29) is 5.56 Å². The molecule has 2 aromatic carbocycles. The zero-order valence-corrected chi connectivity index (χ0v) is 15.2. The Bertz CT molecular complexity index is 861. The molecule has 27 heavy (non-hydrogen) atoms. The number of carbonyl (C=O) groups excluding carboxylic acids is 1. The summed E-state index contributed by atoms with van der Waals surface area (Å²) in [6, 6.07) is 12.2. The molecule has 0 spiro atoms. The Balaban J connectivity index is 2.15. The van der Waals surface area contributed by atoms with Crippen molar-refractivity contribution in [1.29, 1.82) is 0 Å². The molecule has 1 aliphatic rings. The number of alkyl halides is 3. The van der Waals surface area contributed by atoms with Gasteiger partial charge in [-0.05, 0) is 29.9 Å². The number of rotatable bonds is 3. The number of ketones is 1. The number of hydrogen-bond acceptors (Lipinski definition) is 3. The number of benzene rings is 2. The highest BCUT2D eigenvalue weighted by Crippen LogP contribution is 2.44. The van der Waals surface area contributed by atoms with E-state index in [2.05, 4.69) is 5.32 Å². The van der Waals surface area contributed by atoms with Gasteiger partial charge in [0.15, 0.2) is 10.9 Å². The van der Waals surface area contributed by atoms with Crippen molar-refractivity contribution in [2.45, 2.75) is 17.9 Å². The van der Waals surface area contributed by atoms with Crippen LogP contribution in [0, 0.1) is 5.92 Å². The smallest absolute Gasteiger partial charge is 0.363 e. The van der Waals surface area contributed by atoms with Gasteiger partial charge in [-0.25, -0.2) is 0 Å². The molecule has 142 valence electrons. The average Bonchev–Trinajstić information content (AvgIpc) is 2.61. The van der Waals surface area contributed by atoms with Crippen LogP contribution >= 0.6 is 23.8 Å². The van der Waals surface area contributed by atoms with E-state index in [1.807, 2.05) is 5.32 Å². The number of halogens is 4. The molecule has 3 rings (SSSR count). The summed E-state index contributed by atoms with van der Waals surface area (Å²) in [6.45, 7) is 0. The highest BCUT2D eigenvalue weighted by Gasteiger charge is 2.65. The van der Waals surface area contributed by atoms with Gasteiger partial charge < -0.3 is 15.7 Å².